The molecule has 0 radical (unpaired) electrons. The molecular weight excluding hydrogens is 152 g/mol. The van der Waals surface area contributed by atoms with Crippen molar-refractivity contribution in [1.82, 2.24) is 5.43 Å². The molecule has 0 bridgehead atoms. The Morgan fingerprint density at radius 1 is 1.33 bits per heavy atom. The molecule has 3 N–H and O–H groups in total. The summed E-state index contributed by atoms with van der Waals surface area (Å²) in [5, 5.41) is 4.16. The highest BCUT2D eigenvalue weighted by atomic mass is 15.4. The summed E-state index contributed by atoms with van der Waals surface area (Å²) >= 11 is 0. The quantitative estimate of drug-likeness (QED) is 0.346. The average molecular weight is 168 g/mol. The smallest absolute Gasteiger partial charge is 0.209 e. The number of rotatable bonds is 1. The van der Waals surface area contributed by atoms with Gasteiger partial charge in [-0.25, -0.2) is 5.43 Å². The number of guanidine groups is 1. The largest absolute Gasteiger partial charge is 0.369 e. The van der Waals surface area contributed by atoms with E-state index in [1.54, 1.807) is 7.05 Å². The van der Waals surface area contributed by atoms with Crippen molar-refractivity contribution in [2.75, 3.05) is 7.05 Å². The molecule has 0 saturated heterocycles. The molecule has 1 aliphatic rings. The van der Waals surface area contributed by atoms with Crippen molar-refractivity contribution in [3.05, 3.63) is 0 Å². The van der Waals surface area contributed by atoms with Gasteiger partial charge in [0, 0.05) is 12.8 Å². The molecule has 68 valence electrons. The van der Waals surface area contributed by atoms with Crippen molar-refractivity contribution in [2.45, 2.75) is 32.1 Å². The maximum absolute atomic E-state index is 5.42. The van der Waals surface area contributed by atoms with E-state index in [0.29, 0.717) is 5.96 Å². The van der Waals surface area contributed by atoms with E-state index in [0.717, 1.165) is 12.8 Å². The predicted molar refractivity (Wildman–Crippen MR) is 51.2 cm³/mol. The van der Waals surface area contributed by atoms with Crippen molar-refractivity contribution in [1.29, 1.82) is 0 Å². The molecule has 0 aliphatic heterocycles. The lowest BCUT2D eigenvalue weighted by atomic mass is 9.99. The maximum atomic E-state index is 5.42. The van der Waals surface area contributed by atoms with E-state index in [1.807, 2.05) is 0 Å². The lowest BCUT2D eigenvalue weighted by molar-refractivity contribution is 0.661. The highest BCUT2D eigenvalue weighted by Gasteiger charge is 2.05. The Morgan fingerprint density at radius 2 is 2.00 bits per heavy atom. The Kier molecular flexibility index (Phi) is 3.57. The van der Waals surface area contributed by atoms with Crippen LogP contribution in [0.2, 0.25) is 0 Å². The van der Waals surface area contributed by atoms with Gasteiger partial charge >= 0.3 is 0 Å². The molecule has 0 aromatic carbocycles. The summed E-state index contributed by atoms with van der Waals surface area (Å²) in [5.74, 6) is 0.382. The van der Waals surface area contributed by atoms with Gasteiger partial charge in [0.2, 0.25) is 5.96 Å². The summed E-state index contributed by atoms with van der Waals surface area (Å²) < 4.78 is 0. The summed E-state index contributed by atoms with van der Waals surface area (Å²) in [4.78, 5) is 3.75. The zero-order chi connectivity index (χ0) is 8.81. The molecule has 4 nitrogen and oxygen atoms in total. The first-order chi connectivity index (χ1) is 5.83. The minimum Gasteiger partial charge on any atom is -0.369 e. The van der Waals surface area contributed by atoms with Crippen molar-refractivity contribution < 1.29 is 0 Å². The Morgan fingerprint density at radius 3 is 2.58 bits per heavy atom. The molecule has 1 fully saturated rings. The molecule has 4 heteroatoms. The number of hydrogen-bond donors (Lipinski definition) is 2. The molecular formula is C8H16N4. The second-order valence-electron chi connectivity index (χ2n) is 2.96. The second kappa shape index (κ2) is 4.74. The SMILES string of the molecule is CN=C(N)NN=C1CCCCC1. The first-order valence-electron chi connectivity index (χ1n) is 4.36. The fraction of sp³-hybridized carbons (Fsp3) is 0.750. The Bertz CT molecular complexity index is 187. The van der Waals surface area contributed by atoms with Crippen LogP contribution >= 0.6 is 0 Å². The van der Waals surface area contributed by atoms with Crippen LogP contribution < -0.4 is 11.2 Å². The van der Waals surface area contributed by atoms with Crippen LogP contribution in [0.1, 0.15) is 32.1 Å². The van der Waals surface area contributed by atoms with E-state index in [9.17, 15) is 0 Å². The van der Waals surface area contributed by atoms with E-state index in [2.05, 4.69) is 15.5 Å². The number of nitrogens with two attached hydrogens (primary N) is 1. The zero-order valence-electron chi connectivity index (χ0n) is 7.51. The minimum atomic E-state index is 0.382. The molecule has 0 spiro atoms. The van der Waals surface area contributed by atoms with Gasteiger partial charge in [-0.1, -0.05) is 6.42 Å². The van der Waals surface area contributed by atoms with Crippen LogP contribution in [0.15, 0.2) is 10.1 Å². The van der Waals surface area contributed by atoms with Crippen molar-refractivity contribution in [2.24, 2.45) is 15.8 Å². The molecule has 0 unspecified atom stereocenters. The van der Waals surface area contributed by atoms with Crippen molar-refractivity contribution in [3.63, 3.8) is 0 Å². The number of hydrogen-bond acceptors (Lipinski definition) is 2. The van der Waals surface area contributed by atoms with Crippen LogP contribution in [0.25, 0.3) is 0 Å². The Balaban J connectivity index is 2.34. The third kappa shape index (κ3) is 2.90. The fourth-order valence-corrected chi connectivity index (χ4v) is 1.26. The van der Waals surface area contributed by atoms with Gasteiger partial charge in [0.05, 0.1) is 0 Å². The molecule has 0 heterocycles. The molecule has 0 amide bonds. The third-order valence-electron chi connectivity index (χ3n) is 2.00. The minimum absolute atomic E-state index is 0.382. The predicted octanol–water partition coefficient (Wildman–Crippen LogP) is 0.841. The van der Waals surface area contributed by atoms with Gasteiger partial charge in [0.25, 0.3) is 0 Å². The highest BCUT2D eigenvalue weighted by molar-refractivity contribution is 5.87. The summed E-state index contributed by atoms with van der Waals surface area (Å²) in [7, 11) is 1.64. The van der Waals surface area contributed by atoms with E-state index < -0.39 is 0 Å². The first-order valence-corrected chi connectivity index (χ1v) is 4.36. The number of hydrazone groups is 1. The van der Waals surface area contributed by atoms with Crippen molar-refractivity contribution in [3.8, 4) is 0 Å². The number of nitrogens with zero attached hydrogens (tertiary/aromatic N) is 2. The number of aliphatic imine (C=N–C) groups is 1. The standard InChI is InChI=1S/C8H16N4/c1-10-8(9)12-11-7-5-3-2-4-6-7/h2-6H2,1H3,(H3,9,10,12). The third-order valence-corrected chi connectivity index (χ3v) is 2.00. The zero-order valence-corrected chi connectivity index (χ0v) is 7.51. The van der Waals surface area contributed by atoms with Gasteiger partial charge in [-0.05, 0) is 25.7 Å². The number of nitrogens with one attached hydrogen (secondary N) is 1. The van der Waals surface area contributed by atoms with E-state index >= 15 is 0 Å². The van der Waals surface area contributed by atoms with Crippen LogP contribution in [0, 0.1) is 0 Å². The summed E-state index contributed by atoms with van der Waals surface area (Å²) in [6.07, 6.45) is 6.04. The molecule has 0 aromatic rings. The van der Waals surface area contributed by atoms with Crippen LogP contribution in [-0.4, -0.2) is 18.7 Å². The summed E-state index contributed by atoms with van der Waals surface area (Å²) in [6.45, 7) is 0. The van der Waals surface area contributed by atoms with Gasteiger partial charge in [-0.3, -0.25) is 4.99 Å². The summed E-state index contributed by atoms with van der Waals surface area (Å²) in [5.41, 5.74) is 9.36. The second-order valence-corrected chi connectivity index (χ2v) is 2.96. The lowest BCUT2D eigenvalue weighted by Crippen LogP contribution is -2.28. The normalized spacial score (nSPS) is 19.1. The molecule has 0 atom stereocenters. The van der Waals surface area contributed by atoms with Crippen LogP contribution in [-0.2, 0) is 0 Å². The highest BCUT2D eigenvalue weighted by Crippen LogP contribution is 2.13. The van der Waals surface area contributed by atoms with Gasteiger partial charge in [-0.15, -0.1) is 0 Å². The van der Waals surface area contributed by atoms with Crippen LogP contribution in [0.3, 0.4) is 0 Å². The molecule has 1 rings (SSSR count). The molecule has 12 heavy (non-hydrogen) atoms. The van der Waals surface area contributed by atoms with Crippen LogP contribution in [0.5, 0.6) is 0 Å². The Labute approximate surface area is 72.9 Å². The first kappa shape index (κ1) is 9.03. The maximum Gasteiger partial charge on any atom is 0.209 e. The van der Waals surface area contributed by atoms with E-state index in [1.165, 1.54) is 25.0 Å². The lowest BCUT2D eigenvalue weighted by Gasteiger charge is -2.11. The van der Waals surface area contributed by atoms with Gasteiger partial charge < -0.3 is 5.73 Å². The van der Waals surface area contributed by atoms with E-state index in [-0.39, 0.29) is 0 Å². The van der Waals surface area contributed by atoms with Gasteiger partial charge in [0.1, 0.15) is 0 Å². The summed E-state index contributed by atoms with van der Waals surface area (Å²) in [6, 6.07) is 0. The van der Waals surface area contributed by atoms with Gasteiger partial charge in [-0.2, -0.15) is 5.10 Å². The fourth-order valence-electron chi connectivity index (χ4n) is 1.26. The van der Waals surface area contributed by atoms with E-state index in [4.69, 9.17) is 5.73 Å². The Hall–Kier alpha value is -1.06. The molecule has 1 saturated carbocycles. The molecule has 0 aromatic heterocycles. The average Bonchev–Trinajstić information content (AvgIpc) is 2.16. The molecule has 1 aliphatic carbocycles. The van der Waals surface area contributed by atoms with Crippen LogP contribution in [0.4, 0.5) is 0 Å². The monoisotopic (exact) mass is 168 g/mol. The topological polar surface area (TPSA) is 62.8 Å². The van der Waals surface area contributed by atoms with Gasteiger partial charge in [0.15, 0.2) is 0 Å². The van der Waals surface area contributed by atoms with Crippen molar-refractivity contribution >= 4 is 11.7 Å².